The van der Waals surface area contributed by atoms with Crippen molar-refractivity contribution in [1.29, 1.82) is 0 Å². The van der Waals surface area contributed by atoms with Crippen molar-refractivity contribution < 1.29 is 53.4 Å². The Kier molecular flexibility index (Phi) is 8.93. The van der Waals surface area contributed by atoms with Gasteiger partial charge in [0, 0.05) is 22.6 Å². The van der Waals surface area contributed by atoms with Crippen molar-refractivity contribution >= 4 is 27.3 Å². The molecule has 0 bridgehead atoms. The maximum atomic E-state index is 13.9. The lowest BCUT2D eigenvalue weighted by molar-refractivity contribution is -0.355. The summed E-state index contributed by atoms with van der Waals surface area (Å²) in [4.78, 5) is 10.7. The van der Waals surface area contributed by atoms with Crippen LogP contribution in [0.4, 0.5) is 35.1 Å². The summed E-state index contributed by atoms with van der Waals surface area (Å²) in [7, 11) is -4.52. The summed E-state index contributed by atoms with van der Waals surface area (Å²) in [5.41, 5.74) is 0. The second-order valence-corrected chi connectivity index (χ2v) is 10.4. The summed E-state index contributed by atoms with van der Waals surface area (Å²) in [5.74, 6) is -13.7. The maximum Gasteiger partial charge on any atom is 0.459 e. The normalized spacial score (nSPS) is 14.2. The van der Waals surface area contributed by atoms with Crippen LogP contribution in [-0.2, 0) is 21.2 Å². The van der Waals surface area contributed by atoms with Crippen LogP contribution in [0.15, 0.2) is 41.3 Å². The number of aryl methyl sites for hydroxylation is 1. The number of aliphatic carboxylic acids is 1. The predicted octanol–water partition coefficient (Wildman–Crippen LogP) is 5.93. The molecule has 0 spiro atoms. The van der Waals surface area contributed by atoms with E-state index in [1.165, 1.54) is 12.1 Å². The van der Waals surface area contributed by atoms with Gasteiger partial charge in [-0.2, -0.15) is 30.7 Å². The first-order valence-electron chi connectivity index (χ1n) is 9.87. The quantitative estimate of drug-likeness (QED) is 0.320. The SMILES string of the molecule is O=C(O)CCCc1ccc(C(CCC(F)(F)C(F)(F)C(F)(F)F)NS(=O)(=O)c2ccc(F)cc2)s1. The van der Waals surface area contributed by atoms with Gasteiger partial charge in [0.25, 0.3) is 0 Å². The number of nitrogens with one attached hydrogen (secondary N) is 1. The van der Waals surface area contributed by atoms with Crippen molar-refractivity contribution in [2.75, 3.05) is 0 Å². The molecule has 2 aromatic rings. The van der Waals surface area contributed by atoms with Crippen molar-refractivity contribution in [3.05, 3.63) is 52.0 Å². The lowest BCUT2D eigenvalue weighted by atomic mass is 10.0. The number of carboxylic acid groups (broad SMARTS) is 1. The number of thiophene rings is 1. The van der Waals surface area contributed by atoms with Crippen LogP contribution in [0.1, 0.15) is 41.5 Å². The molecule has 0 fully saturated rings. The smallest absolute Gasteiger partial charge is 0.459 e. The Labute approximate surface area is 198 Å². The number of rotatable bonds is 12. The number of sulfonamides is 1. The van der Waals surface area contributed by atoms with Crippen molar-refractivity contribution in [2.24, 2.45) is 0 Å². The summed E-state index contributed by atoms with van der Waals surface area (Å²) in [6.45, 7) is 0. The second-order valence-electron chi connectivity index (χ2n) is 7.49. The average Bonchev–Trinajstić information content (AvgIpc) is 3.19. The molecular formula is C20H19F8NO4S2. The van der Waals surface area contributed by atoms with E-state index in [1.807, 2.05) is 4.72 Å². The highest BCUT2D eigenvalue weighted by atomic mass is 32.2. The summed E-state index contributed by atoms with van der Waals surface area (Å²) in [6, 6.07) is 4.39. The molecule has 1 atom stereocenters. The number of alkyl halides is 7. The van der Waals surface area contributed by atoms with E-state index < -0.39 is 63.6 Å². The molecule has 5 nitrogen and oxygen atoms in total. The van der Waals surface area contributed by atoms with E-state index >= 15 is 0 Å². The molecule has 0 saturated heterocycles. The fourth-order valence-electron chi connectivity index (χ4n) is 2.95. The molecule has 15 heteroatoms. The minimum atomic E-state index is -6.53. The van der Waals surface area contributed by atoms with Gasteiger partial charge in [-0.15, -0.1) is 11.3 Å². The van der Waals surface area contributed by atoms with Gasteiger partial charge < -0.3 is 5.11 Å². The lowest BCUT2D eigenvalue weighted by Crippen LogP contribution is -2.52. The molecule has 35 heavy (non-hydrogen) atoms. The third kappa shape index (κ3) is 7.36. The van der Waals surface area contributed by atoms with Crippen LogP contribution in [0.3, 0.4) is 0 Å². The summed E-state index contributed by atoms with van der Waals surface area (Å²) in [6.07, 6.45) is -9.45. The number of hydrogen-bond donors (Lipinski definition) is 2. The number of halogens is 8. The molecule has 1 heterocycles. The Balaban J connectivity index is 2.31. The van der Waals surface area contributed by atoms with Crippen LogP contribution in [0, 0.1) is 5.82 Å². The zero-order valence-electron chi connectivity index (χ0n) is 17.6. The third-order valence-electron chi connectivity index (χ3n) is 4.82. The van der Waals surface area contributed by atoms with Crippen molar-refractivity contribution in [2.45, 2.75) is 61.1 Å². The Morgan fingerprint density at radius 3 is 2.14 bits per heavy atom. The van der Waals surface area contributed by atoms with E-state index in [0.29, 0.717) is 4.88 Å². The molecule has 2 N–H and O–H groups in total. The molecule has 1 aromatic carbocycles. The van der Waals surface area contributed by atoms with Crippen LogP contribution in [0.2, 0.25) is 0 Å². The van der Waals surface area contributed by atoms with Crippen LogP contribution in [0.25, 0.3) is 0 Å². The Morgan fingerprint density at radius 2 is 1.60 bits per heavy atom. The minimum absolute atomic E-state index is 0.0344. The average molecular weight is 553 g/mol. The highest BCUT2D eigenvalue weighted by molar-refractivity contribution is 7.89. The van der Waals surface area contributed by atoms with Crippen molar-refractivity contribution in [3.8, 4) is 0 Å². The number of carbonyl (C=O) groups is 1. The first-order chi connectivity index (χ1) is 16.0. The first-order valence-corrected chi connectivity index (χ1v) is 12.2. The van der Waals surface area contributed by atoms with E-state index in [9.17, 15) is 48.3 Å². The predicted molar refractivity (Wildman–Crippen MR) is 110 cm³/mol. The fourth-order valence-corrected chi connectivity index (χ4v) is 5.41. The number of carboxylic acids is 1. The van der Waals surface area contributed by atoms with Gasteiger partial charge in [0.2, 0.25) is 10.0 Å². The van der Waals surface area contributed by atoms with Gasteiger partial charge >= 0.3 is 24.0 Å². The van der Waals surface area contributed by atoms with Gasteiger partial charge in [0.15, 0.2) is 0 Å². The van der Waals surface area contributed by atoms with Crippen molar-refractivity contribution in [1.82, 2.24) is 4.72 Å². The molecule has 0 radical (unpaired) electrons. The molecule has 1 unspecified atom stereocenters. The van der Waals surface area contributed by atoms with E-state index in [2.05, 4.69) is 0 Å². The zero-order chi connectivity index (χ0) is 26.7. The molecular weight excluding hydrogens is 534 g/mol. The molecule has 0 aliphatic rings. The standard InChI is InChI=1S/C20H19F8NO4S2/c21-12-4-7-14(8-5-12)35(32,33)29-15(10-11-18(22,23)19(24,25)20(26,27)28)16-9-6-13(34-16)2-1-3-17(30)31/h4-9,15,29H,1-3,10-11H2,(H,30,31). The molecule has 0 aliphatic heterocycles. The Morgan fingerprint density at radius 1 is 1.00 bits per heavy atom. The highest BCUT2D eigenvalue weighted by Crippen LogP contribution is 2.49. The lowest BCUT2D eigenvalue weighted by Gasteiger charge is -2.29. The molecule has 0 saturated carbocycles. The monoisotopic (exact) mass is 553 g/mol. The molecule has 1 aromatic heterocycles. The van der Waals surface area contributed by atoms with E-state index in [-0.39, 0.29) is 24.1 Å². The van der Waals surface area contributed by atoms with Gasteiger partial charge in [-0.25, -0.2) is 17.5 Å². The van der Waals surface area contributed by atoms with Crippen LogP contribution in [-0.4, -0.2) is 37.5 Å². The molecule has 0 amide bonds. The largest absolute Gasteiger partial charge is 0.481 e. The Bertz CT molecular complexity index is 1110. The number of hydrogen-bond acceptors (Lipinski definition) is 4. The molecule has 0 aliphatic carbocycles. The van der Waals surface area contributed by atoms with Gasteiger partial charge in [0.05, 0.1) is 10.9 Å². The van der Waals surface area contributed by atoms with Crippen LogP contribution in [0.5, 0.6) is 0 Å². The summed E-state index contributed by atoms with van der Waals surface area (Å²) < 4.78 is 132. The topological polar surface area (TPSA) is 83.5 Å². The van der Waals surface area contributed by atoms with Gasteiger partial charge in [0.1, 0.15) is 5.82 Å². The summed E-state index contributed by atoms with van der Waals surface area (Å²) >= 11 is 0.860. The van der Waals surface area contributed by atoms with E-state index in [4.69, 9.17) is 5.11 Å². The van der Waals surface area contributed by atoms with Gasteiger partial charge in [-0.05, 0) is 55.7 Å². The maximum absolute atomic E-state index is 13.9. The molecule has 196 valence electrons. The van der Waals surface area contributed by atoms with Crippen LogP contribution < -0.4 is 4.72 Å². The minimum Gasteiger partial charge on any atom is -0.481 e. The summed E-state index contributed by atoms with van der Waals surface area (Å²) in [5, 5.41) is 8.70. The zero-order valence-corrected chi connectivity index (χ0v) is 19.2. The Hall–Kier alpha value is -2.26. The van der Waals surface area contributed by atoms with Gasteiger partial charge in [-0.3, -0.25) is 4.79 Å². The second kappa shape index (κ2) is 10.8. The number of benzene rings is 1. The van der Waals surface area contributed by atoms with Crippen molar-refractivity contribution in [3.63, 3.8) is 0 Å². The van der Waals surface area contributed by atoms with Crippen LogP contribution >= 0.6 is 11.3 Å². The van der Waals surface area contributed by atoms with Gasteiger partial charge in [-0.1, -0.05) is 0 Å². The highest BCUT2D eigenvalue weighted by Gasteiger charge is 2.72. The third-order valence-corrected chi connectivity index (χ3v) is 7.57. The van der Waals surface area contributed by atoms with E-state index in [0.717, 1.165) is 35.6 Å². The van der Waals surface area contributed by atoms with E-state index in [1.54, 1.807) is 0 Å². The fraction of sp³-hybridized carbons (Fsp3) is 0.450. The molecule has 2 rings (SSSR count). The first kappa shape index (κ1) is 29.0.